The van der Waals surface area contributed by atoms with Crippen LogP contribution in [0.3, 0.4) is 0 Å². The number of nitrogens with zero attached hydrogens (tertiary/aromatic N) is 1. The van der Waals surface area contributed by atoms with Gasteiger partial charge < -0.3 is 14.4 Å². The van der Waals surface area contributed by atoms with Gasteiger partial charge in [0.2, 0.25) is 0 Å². The first-order chi connectivity index (χ1) is 14.0. The largest absolute Gasteiger partial charge is 0.467 e. The fourth-order valence-corrected chi connectivity index (χ4v) is 5.43. The van der Waals surface area contributed by atoms with E-state index in [1.807, 2.05) is 0 Å². The molecule has 2 rings (SSSR count). The average molecular weight is 430 g/mol. The Hall–Kier alpha value is -1.57. The molecule has 4 heteroatoms. The standard InChI is InChI=1S/C26H40NO2P/c1-17(2)27(18(3)4)22-13-11-12-19(5)25(22)30-23-15-21(26(7,8)9)14-20(6)24(23)29-16-28-10/h11-15,17-18,30H,16H2,1-10H3. The van der Waals surface area contributed by atoms with Crippen LogP contribution in [0.25, 0.3) is 0 Å². The van der Waals surface area contributed by atoms with Gasteiger partial charge in [0, 0.05) is 35.5 Å². The van der Waals surface area contributed by atoms with E-state index in [9.17, 15) is 0 Å². The molecule has 3 nitrogen and oxygen atoms in total. The molecule has 1 atom stereocenters. The van der Waals surface area contributed by atoms with Gasteiger partial charge >= 0.3 is 0 Å². The summed E-state index contributed by atoms with van der Waals surface area (Å²) in [4.78, 5) is 2.52. The SMILES string of the molecule is COCOc1c(C)cc(C(C)(C)C)cc1Pc1c(C)cccc1N(C(C)C)C(C)C. The van der Waals surface area contributed by atoms with Crippen LogP contribution in [0.15, 0.2) is 30.3 Å². The number of hydrogen-bond acceptors (Lipinski definition) is 3. The summed E-state index contributed by atoms with van der Waals surface area (Å²) in [6.07, 6.45) is 0. The van der Waals surface area contributed by atoms with Gasteiger partial charge in [-0.3, -0.25) is 0 Å². The molecule has 2 aromatic carbocycles. The lowest BCUT2D eigenvalue weighted by atomic mass is 9.86. The minimum atomic E-state index is 0.0836. The Kier molecular flexibility index (Phi) is 8.36. The molecule has 0 aromatic heterocycles. The number of aryl methyl sites for hydroxylation is 2. The third-order valence-electron chi connectivity index (χ3n) is 5.36. The zero-order chi connectivity index (χ0) is 22.6. The van der Waals surface area contributed by atoms with Crippen LogP contribution < -0.4 is 20.2 Å². The predicted molar refractivity (Wildman–Crippen MR) is 134 cm³/mol. The van der Waals surface area contributed by atoms with Gasteiger partial charge in [-0.1, -0.05) is 47.6 Å². The van der Waals surface area contributed by atoms with Crippen molar-refractivity contribution >= 4 is 24.9 Å². The maximum absolute atomic E-state index is 6.06. The average Bonchev–Trinajstić information content (AvgIpc) is 2.62. The van der Waals surface area contributed by atoms with Gasteiger partial charge in [0.05, 0.1) is 0 Å². The van der Waals surface area contributed by atoms with Crippen molar-refractivity contribution in [3.05, 3.63) is 47.0 Å². The topological polar surface area (TPSA) is 21.7 Å². The number of ether oxygens (including phenoxy) is 2. The van der Waals surface area contributed by atoms with Crippen molar-refractivity contribution in [3.63, 3.8) is 0 Å². The van der Waals surface area contributed by atoms with E-state index in [1.165, 1.54) is 33.0 Å². The lowest BCUT2D eigenvalue weighted by Gasteiger charge is -2.35. The Labute approximate surface area is 185 Å². The maximum atomic E-state index is 6.06. The highest BCUT2D eigenvalue weighted by molar-refractivity contribution is 7.56. The molecule has 0 saturated heterocycles. The van der Waals surface area contributed by atoms with E-state index in [0.29, 0.717) is 20.7 Å². The number of methoxy groups -OCH3 is 1. The van der Waals surface area contributed by atoms with Crippen molar-refractivity contribution in [1.82, 2.24) is 0 Å². The second-order valence-electron chi connectivity index (χ2n) is 9.66. The van der Waals surface area contributed by atoms with E-state index < -0.39 is 0 Å². The van der Waals surface area contributed by atoms with E-state index in [0.717, 1.165) is 5.75 Å². The van der Waals surface area contributed by atoms with Crippen LogP contribution in [0, 0.1) is 13.8 Å². The van der Waals surface area contributed by atoms with Crippen LogP contribution in [-0.2, 0) is 10.2 Å². The Morgan fingerprint density at radius 1 is 0.967 bits per heavy atom. The van der Waals surface area contributed by atoms with Crippen LogP contribution in [0.5, 0.6) is 5.75 Å². The van der Waals surface area contributed by atoms with E-state index in [4.69, 9.17) is 9.47 Å². The Balaban J connectivity index is 2.65. The second kappa shape index (κ2) is 10.2. The Morgan fingerprint density at radius 2 is 1.60 bits per heavy atom. The van der Waals surface area contributed by atoms with E-state index >= 15 is 0 Å². The van der Waals surface area contributed by atoms with Gasteiger partial charge in [-0.25, -0.2) is 0 Å². The van der Waals surface area contributed by atoms with Crippen molar-refractivity contribution in [1.29, 1.82) is 0 Å². The third-order valence-corrected chi connectivity index (χ3v) is 6.90. The monoisotopic (exact) mass is 429 g/mol. The van der Waals surface area contributed by atoms with Crippen LogP contribution in [0.4, 0.5) is 5.69 Å². The van der Waals surface area contributed by atoms with Crippen LogP contribution in [0.1, 0.15) is 65.2 Å². The summed E-state index contributed by atoms with van der Waals surface area (Å²) in [7, 11) is 2.18. The molecule has 0 aliphatic rings. The molecular weight excluding hydrogens is 389 g/mol. The molecule has 0 saturated carbocycles. The van der Waals surface area contributed by atoms with E-state index in [-0.39, 0.29) is 12.2 Å². The zero-order valence-electron chi connectivity index (χ0n) is 20.5. The first kappa shape index (κ1) is 24.7. The van der Waals surface area contributed by atoms with Crippen LogP contribution in [0.2, 0.25) is 0 Å². The van der Waals surface area contributed by atoms with E-state index in [2.05, 4.69) is 97.5 Å². The smallest absolute Gasteiger partial charge is 0.188 e. The molecule has 30 heavy (non-hydrogen) atoms. The fourth-order valence-electron chi connectivity index (χ4n) is 3.93. The second-order valence-corrected chi connectivity index (χ2v) is 10.9. The van der Waals surface area contributed by atoms with Crippen LogP contribution >= 0.6 is 8.58 Å². The quantitative estimate of drug-likeness (QED) is 0.389. The molecule has 1 unspecified atom stereocenters. The van der Waals surface area contributed by atoms with Gasteiger partial charge in [0.1, 0.15) is 5.75 Å². The Morgan fingerprint density at radius 3 is 2.13 bits per heavy atom. The summed E-state index contributed by atoms with van der Waals surface area (Å²) in [6.45, 7) is 20.5. The fraction of sp³-hybridized carbons (Fsp3) is 0.538. The first-order valence-corrected chi connectivity index (χ1v) is 11.9. The lowest BCUT2D eigenvalue weighted by molar-refractivity contribution is 0.0514. The molecule has 0 radical (unpaired) electrons. The maximum Gasteiger partial charge on any atom is 0.188 e. The predicted octanol–water partition coefficient (Wildman–Crippen LogP) is 5.84. The van der Waals surface area contributed by atoms with Crippen LogP contribution in [-0.4, -0.2) is 26.0 Å². The van der Waals surface area contributed by atoms with Crippen molar-refractivity contribution in [2.75, 3.05) is 18.8 Å². The van der Waals surface area contributed by atoms with Crippen molar-refractivity contribution in [3.8, 4) is 5.75 Å². The molecule has 0 fully saturated rings. The molecule has 0 amide bonds. The summed E-state index contributed by atoms with van der Waals surface area (Å²) in [6, 6.07) is 12.1. The molecule has 2 aromatic rings. The normalized spacial score (nSPS) is 12.4. The molecular formula is C26H40NO2P. The molecule has 0 N–H and O–H groups in total. The van der Waals surface area contributed by atoms with Gasteiger partial charge in [-0.2, -0.15) is 0 Å². The number of anilines is 1. The van der Waals surface area contributed by atoms with Gasteiger partial charge in [-0.05, 0) is 75.8 Å². The minimum Gasteiger partial charge on any atom is -0.467 e. The highest BCUT2D eigenvalue weighted by atomic mass is 31.1. The van der Waals surface area contributed by atoms with Gasteiger partial charge in [-0.15, -0.1) is 0 Å². The first-order valence-electron chi connectivity index (χ1n) is 10.9. The third kappa shape index (κ3) is 5.77. The zero-order valence-corrected chi connectivity index (χ0v) is 21.5. The number of rotatable bonds is 8. The summed E-state index contributed by atoms with van der Waals surface area (Å²) in [5.74, 6) is 0.957. The summed E-state index contributed by atoms with van der Waals surface area (Å²) < 4.78 is 11.3. The highest BCUT2D eigenvalue weighted by Gasteiger charge is 2.22. The van der Waals surface area contributed by atoms with Gasteiger partial charge in [0.15, 0.2) is 6.79 Å². The Bertz CT molecular complexity index is 845. The van der Waals surface area contributed by atoms with E-state index in [1.54, 1.807) is 7.11 Å². The summed E-state index contributed by atoms with van der Waals surface area (Å²) >= 11 is 0. The molecule has 0 spiro atoms. The molecule has 0 aliphatic heterocycles. The highest BCUT2D eigenvalue weighted by Crippen LogP contribution is 2.33. The summed E-state index contributed by atoms with van der Waals surface area (Å²) in [5, 5.41) is 2.65. The molecule has 166 valence electrons. The van der Waals surface area contributed by atoms with Crippen molar-refractivity contribution < 1.29 is 9.47 Å². The number of hydrogen-bond donors (Lipinski definition) is 0. The lowest BCUT2D eigenvalue weighted by Crippen LogP contribution is -2.39. The summed E-state index contributed by atoms with van der Waals surface area (Å²) in [5.41, 5.74) is 5.25. The van der Waals surface area contributed by atoms with Gasteiger partial charge in [0.25, 0.3) is 0 Å². The molecule has 0 bridgehead atoms. The molecule has 0 aliphatic carbocycles. The number of benzene rings is 2. The minimum absolute atomic E-state index is 0.0836. The van der Waals surface area contributed by atoms with Crippen molar-refractivity contribution in [2.45, 2.75) is 79.8 Å². The molecule has 0 heterocycles. The van der Waals surface area contributed by atoms with Crippen molar-refractivity contribution in [2.24, 2.45) is 0 Å².